The highest BCUT2D eigenvalue weighted by Gasteiger charge is 2.27. The van der Waals surface area contributed by atoms with Gasteiger partial charge in [0.05, 0.1) is 0 Å². The van der Waals surface area contributed by atoms with Gasteiger partial charge in [-0.3, -0.25) is 4.79 Å². The van der Waals surface area contributed by atoms with E-state index in [1.807, 2.05) is 11.9 Å². The maximum Gasteiger partial charge on any atom is 0.222 e. The summed E-state index contributed by atoms with van der Waals surface area (Å²) >= 11 is 0. The number of hydrogen-bond acceptors (Lipinski definition) is 2. The van der Waals surface area contributed by atoms with Crippen LogP contribution in [0.1, 0.15) is 43.2 Å². The normalized spacial score (nSPS) is 22.6. The molecule has 0 aromatic heterocycles. The summed E-state index contributed by atoms with van der Waals surface area (Å²) in [5.74, 6) is 0.217. The number of amides is 1. The van der Waals surface area contributed by atoms with Crippen LogP contribution in [0.4, 0.5) is 0 Å². The van der Waals surface area contributed by atoms with Gasteiger partial charge in [0.1, 0.15) is 0 Å². The van der Waals surface area contributed by atoms with Gasteiger partial charge in [-0.15, -0.1) is 0 Å². The van der Waals surface area contributed by atoms with Crippen LogP contribution in [0.15, 0.2) is 24.3 Å². The molecule has 2 N–H and O–H groups in total. The van der Waals surface area contributed by atoms with Crippen LogP contribution >= 0.6 is 0 Å². The molecular formula is C17H26N2O. The van der Waals surface area contributed by atoms with E-state index in [2.05, 4.69) is 31.2 Å². The SMILES string of the molecule is Cc1cccc(CCC(=O)N(C)C2CCCCC2N)c1. The molecule has 0 bridgehead atoms. The maximum atomic E-state index is 12.3. The van der Waals surface area contributed by atoms with Crippen LogP contribution in [-0.4, -0.2) is 29.9 Å². The van der Waals surface area contributed by atoms with Gasteiger partial charge in [0, 0.05) is 25.6 Å². The average Bonchev–Trinajstić information content (AvgIpc) is 2.44. The van der Waals surface area contributed by atoms with E-state index < -0.39 is 0 Å². The molecule has 0 aliphatic heterocycles. The van der Waals surface area contributed by atoms with E-state index in [0.717, 1.165) is 19.3 Å². The third-order valence-corrected chi connectivity index (χ3v) is 4.38. The molecule has 2 rings (SSSR count). The molecular weight excluding hydrogens is 248 g/mol. The van der Waals surface area contributed by atoms with Crippen LogP contribution in [0, 0.1) is 6.92 Å². The van der Waals surface area contributed by atoms with Crippen LogP contribution in [0.2, 0.25) is 0 Å². The molecule has 0 spiro atoms. The van der Waals surface area contributed by atoms with Gasteiger partial charge < -0.3 is 10.6 Å². The number of nitrogens with zero attached hydrogens (tertiary/aromatic N) is 1. The second kappa shape index (κ2) is 6.89. The van der Waals surface area contributed by atoms with E-state index >= 15 is 0 Å². The molecule has 20 heavy (non-hydrogen) atoms. The Kier molecular flexibility index (Phi) is 5.18. The molecule has 3 heteroatoms. The van der Waals surface area contributed by atoms with Crippen molar-refractivity contribution in [3.63, 3.8) is 0 Å². The summed E-state index contributed by atoms with van der Waals surface area (Å²) in [5.41, 5.74) is 8.63. The van der Waals surface area contributed by atoms with Gasteiger partial charge in [0.25, 0.3) is 0 Å². The molecule has 1 saturated carbocycles. The summed E-state index contributed by atoms with van der Waals surface area (Å²) < 4.78 is 0. The topological polar surface area (TPSA) is 46.3 Å². The Morgan fingerprint density at radius 2 is 2.10 bits per heavy atom. The lowest BCUT2D eigenvalue weighted by Gasteiger charge is -2.36. The molecule has 1 aromatic rings. The minimum Gasteiger partial charge on any atom is -0.341 e. The molecule has 2 unspecified atom stereocenters. The molecule has 1 amide bonds. The van der Waals surface area contributed by atoms with Crippen molar-refractivity contribution >= 4 is 5.91 Å². The number of nitrogens with two attached hydrogens (primary N) is 1. The second-order valence-corrected chi connectivity index (χ2v) is 6.01. The van der Waals surface area contributed by atoms with Crippen molar-refractivity contribution in [3.05, 3.63) is 35.4 Å². The number of rotatable bonds is 4. The number of carbonyl (C=O) groups is 1. The minimum atomic E-state index is 0.150. The first-order chi connectivity index (χ1) is 9.58. The summed E-state index contributed by atoms with van der Waals surface area (Å²) in [5, 5.41) is 0. The number of hydrogen-bond donors (Lipinski definition) is 1. The average molecular weight is 274 g/mol. The predicted molar refractivity (Wildman–Crippen MR) is 82.5 cm³/mol. The molecule has 110 valence electrons. The highest BCUT2D eigenvalue weighted by Crippen LogP contribution is 2.21. The Hall–Kier alpha value is -1.35. The fourth-order valence-corrected chi connectivity index (χ4v) is 3.10. The van der Waals surface area contributed by atoms with Crippen molar-refractivity contribution < 1.29 is 4.79 Å². The number of carbonyl (C=O) groups excluding carboxylic acids is 1. The molecule has 3 nitrogen and oxygen atoms in total. The van der Waals surface area contributed by atoms with Gasteiger partial charge in [-0.2, -0.15) is 0 Å². The highest BCUT2D eigenvalue weighted by atomic mass is 16.2. The quantitative estimate of drug-likeness (QED) is 0.917. The van der Waals surface area contributed by atoms with Gasteiger partial charge in [-0.1, -0.05) is 42.7 Å². The lowest BCUT2D eigenvalue weighted by atomic mass is 9.90. The predicted octanol–water partition coefficient (Wildman–Crippen LogP) is 2.66. The van der Waals surface area contributed by atoms with Gasteiger partial charge in [0.15, 0.2) is 0 Å². The Balaban J connectivity index is 1.87. The van der Waals surface area contributed by atoms with Crippen LogP contribution in [-0.2, 0) is 11.2 Å². The number of benzene rings is 1. The van der Waals surface area contributed by atoms with Crippen molar-refractivity contribution in [2.75, 3.05) is 7.05 Å². The minimum absolute atomic E-state index is 0.150. The van der Waals surface area contributed by atoms with E-state index in [1.54, 1.807) is 0 Å². The van der Waals surface area contributed by atoms with Gasteiger partial charge >= 0.3 is 0 Å². The first-order valence-electron chi connectivity index (χ1n) is 7.64. The Morgan fingerprint density at radius 3 is 2.80 bits per heavy atom. The highest BCUT2D eigenvalue weighted by molar-refractivity contribution is 5.76. The Labute approximate surface area is 122 Å². The van der Waals surface area contributed by atoms with Crippen molar-refractivity contribution in [1.29, 1.82) is 0 Å². The van der Waals surface area contributed by atoms with Gasteiger partial charge in [-0.25, -0.2) is 0 Å². The van der Waals surface area contributed by atoms with Crippen molar-refractivity contribution in [1.82, 2.24) is 4.90 Å². The monoisotopic (exact) mass is 274 g/mol. The first-order valence-corrected chi connectivity index (χ1v) is 7.64. The summed E-state index contributed by atoms with van der Waals surface area (Å²) in [7, 11) is 1.91. The van der Waals surface area contributed by atoms with Gasteiger partial charge in [-0.05, 0) is 31.7 Å². The Morgan fingerprint density at radius 1 is 1.35 bits per heavy atom. The molecule has 2 atom stereocenters. The largest absolute Gasteiger partial charge is 0.341 e. The number of likely N-dealkylation sites (N-methyl/N-ethyl adjacent to an activating group) is 1. The zero-order valence-electron chi connectivity index (χ0n) is 12.6. The van der Waals surface area contributed by atoms with E-state index in [-0.39, 0.29) is 18.0 Å². The van der Waals surface area contributed by atoms with E-state index in [4.69, 9.17) is 5.73 Å². The van der Waals surface area contributed by atoms with Crippen molar-refractivity contribution in [3.8, 4) is 0 Å². The van der Waals surface area contributed by atoms with E-state index in [0.29, 0.717) is 6.42 Å². The summed E-state index contributed by atoms with van der Waals surface area (Å²) in [6, 6.07) is 8.76. The maximum absolute atomic E-state index is 12.3. The Bertz CT molecular complexity index is 458. The van der Waals surface area contributed by atoms with Gasteiger partial charge in [0.2, 0.25) is 5.91 Å². The van der Waals surface area contributed by atoms with Crippen LogP contribution in [0.3, 0.4) is 0 Å². The summed E-state index contributed by atoms with van der Waals surface area (Å²) in [6.45, 7) is 2.08. The molecule has 1 fully saturated rings. The fourth-order valence-electron chi connectivity index (χ4n) is 3.10. The fraction of sp³-hybridized carbons (Fsp3) is 0.588. The summed E-state index contributed by atoms with van der Waals surface area (Å²) in [6.07, 6.45) is 5.86. The lowest BCUT2D eigenvalue weighted by Crippen LogP contribution is -2.50. The van der Waals surface area contributed by atoms with E-state index in [1.165, 1.54) is 24.0 Å². The second-order valence-electron chi connectivity index (χ2n) is 6.01. The van der Waals surface area contributed by atoms with Crippen molar-refractivity contribution in [2.45, 2.75) is 57.5 Å². The zero-order valence-corrected chi connectivity index (χ0v) is 12.6. The van der Waals surface area contributed by atoms with E-state index in [9.17, 15) is 4.79 Å². The van der Waals surface area contributed by atoms with Crippen LogP contribution in [0.25, 0.3) is 0 Å². The first kappa shape index (κ1) is 15.0. The molecule has 0 radical (unpaired) electrons. The lowest BCUT2D eigenvalue weighted by molar-refractivity contribution is -0.132. The smallest absolute Gasteiger partial charge is 0.222 e. The zero-order chi connectivity index (χ0) is 14.5. The number of aryl methyl sites for hydroxylation is 2. The van der Waals surface area contributed by atoms with Crippen molar-refractivity contribution in [2.24, 2.45) is 5.73 Å². The molecule has 1 aliphatic carbocycles. The van der Waals surface area contributed by atoms with Crippen LogP contribution in [0.5, 0.6) is 0 Å². The molecule has 1 aliphatic rings. The third kappa shape index (κ3) is 3.83. The molecule has 0 heterocycles. The van der Waals surface area contributed by atoms with Crippen LogP contribution < -0.4 is 5.73 Å². The summed E-state index contributed by atoms with van der Waals surface area (Å²) in [4.78, 5) is 14.2. The molecule has 0 saturated heterocycles. The molecule has 1 aromatic carbocycles. The third-order valence-electron chi connectivity index (χ3n) is 4.38. The standard InChI is InChI=1S/C17H26N2O/c1-13-6-5-7-14(12-13)10-11-17(20)19(2)16-9-4-3-8-15(16)18/h5-7,12,15-16H,3-4,8-11,18H2,1-2H3.